The van der Waals surface area contributed by atoms with Crippen molar-refractivity contribution in [1.82, 2.24) is 4.90 Å². The second-order valence-corrected chi connectivity index (χ2v) is 4.40. The molecule has 1 heterocycles. The Morgan fingerprint density at radius 1 is 1.25 bits per heavy atom. The summed E-state index contributed by atoms with van der Waals surface area (Å²) in [5.41, 5.74) is 0. The molecule has 0 amide bonds. The molecule has 0 N–H and O–H groups in total. The van der Waals surface area contributed by atoms with Crippen LogP contribution >= 0.6 is 8.43 Å². The lowest BCUT2D eigenvalue weighted by Crippen LogP contribution is -2.28. The Balaban J connectivity index is 2.63. The van der Waals surface area contributed by atoms with Crippen molar-refractivity contribution in [2.75, 3.05) is 19.9 Å². The van der Waals surface area contributed by atoms with Crippen LogP contribution < -0.4 is 5.22 Å². The third kappa shape index (κ3) is 2.21. The Labute approximate surface area is 97.2 Å². The number of fused-ring (bicyclic) bond motifs is 1. The zero-order valence-corrected chi connectivity index (χ0v) is 10.5. The summed E-state index contributed by atoms with van der Waals surface area (Å²) < 4.78 is 11.1. The zero-order valence-electron chi connectivity index (χ0n) is 9.64. The van der Waals surface area contributed by atoms with E-state index in [1.54, 1.807) is 0 Å². The molecule has 0 radical (unpaired) electrons. The van der Waals surface area contributed by atoms with Crippen LogP contribution in [0.15, 0.2) is 24.3 Å². The highest BCUT2D eigenvalue weighted by atomic mass is 31.1. The Morgan fingerprint density at radius 3 is 2.75 bits per heavy atom. The van der Waals surface area contributed by atoms with Gasteiger partial charge >= 0.3 is 0 Å². The predicted octanol–water partition coefficient (Wildman–Crippen LogP) is 2.21. The Bertz CT molecular complexity index is 468. The molecular formula is C12H16NO2P. The van der Waals surface area contributed by atoms with Gasteiger partial charge in [-0.15, -0.1) is 0 Å². The van der Waals surface area contributed by atoms with E-state index >= 15 is 0 Å². The summed E-state index contributed by atoms with van der Waals surface area (Å²) in [5, 5.41) is 1.14. The molecule has 0 aromatic heterocycles. The number of nitrogens with zero attached hydrogens (tertiary/aromatic N) is 1. The highest BCUT2D eigenvalue weighted by molar-refractivity contribution is 7.23. The normalized spacial score (nSPS) is 15.5. The van der Waals surface area contributed by atoms with Gasteiger partial charge in [0.25, 0.3) is 0 Å². The molecule has 0 saturated carbocycles. The third-order valence-electron chi connectivity index (χ3n) is 2.60. The van der Waals surface area contributed by atoms with E-state index < -0.39 is 0 Å². The number of hydrogen-bond acceptors (Lipinski definition) is 3. The van der Waals surface area contributed by atoms with Crippen molar-refractivity contribution in [3.63, 3.8) is 0 Å². The van der Waals surface area contributed by atoms with Gasteiger partial charge in [-0.2, -0.15) is 0 Å². The van der Waals surface area contributed by atoms with E-state index in [2.05, 4.69) is 30.9 Å². The summed E-state index contributed by atoms with van der Waals surface area (Å²) in [6, 6.07) is 8.23. The molecular weight excluding hydrogens is 221 g/mol. The van der Waals surface area contributed by atoms with Crippen LogP contribution in [0, 0.1) is 4.94 Å². The van der Waals surface area contributed by atoms with Crippen LogP contribution in [0.3, 0.4) is 0 Å². The van der Waals surface area contributed by atoms with E-state index in [-0.39, 0.29) is 0 Å². The predicted molar refractivity (Wildman–Crippen MR) is 65.2 cm³/mol. The van der Waals surface area contributed by atoms with Gasteiger partial charge in [0.15, 0.2) is 12.7 Å². The molecule has 1 aliphatic rings. The first-order valence-electron chi connectivity index (χ1n) is 5.54. The smallest absolute Gasteiger partial charge is 0.200 e. The van der Waals surface area contributed by atoms with Crippen molar-refractivity contribution >= 4 is 14.3 Å². The number of ether oxygens (including phenoxy) is 1. The minimum absolute atomic E-state index is 0.321. The molecule has 0 spiro atoms. The van der Waals surface area contributed by atoms with E-state index in [1.807, 2.05) is 12.1 Å². The van der Waals surface area contributed by atoms with E-state index in [0.29, 0.717) is 6.79 Å². The van der Waals surface area contributed by atoms with Crippen molar-refractivity contribution in [2.24, 2.45) is 0 Å². The maximum atomic E-state index is 5.69. The molecule has 0 unspecified atom stereocenters. The number of rotatable bonds is 3. The Hall–Kier alpha value is -1.05. The minimum atomic E-state index is 0.321. The second-order valence-electron chi connectivity index (χ2n) is 3.48. The fraction of sp³-hybridized carbons (Fsp3) is 0.417. The van der Waals surface area contributed by atoms with Crippen molar-refractivity contribution in [3.05, 3.63) is 34.4 Å². The topological polar surface area (TPSA) is 21.7 Å². The molecule has 0 bridgehead atoms. The zero-order chi connectivity index (χ0) is 11.4. The van der Waals surface area contributed by atoms with Gasteiger partial charge in [-0.05, 0) is 26.0 Å². The summed E-state index contributed by atoms with van der Waals surface area (Å²) in [5.74, 6) is 0.936. The standard InChI is InChI=1S/C12H16NO2P/c1-3-13(4-2)12-10-7-5-6-8-11(10)16-15-9-14-12/h5-8H,3-4,9H2,1-2H3. The summed E-state index contributed by atoms with van der Waals surface area (Å²) in [4.78, 5) is 3.38. The molecule has 0 saturated heterocycles. The van der Waals surface area contributed by atoms with Crippen LogP contribution in [-0.2, 0) is 9.26 Å². The lowest BCUT2D eigenvalue weighted by molar-refractivity contribution is 0.0801. The third-order valence-corrected chi connectivity index (χ3v) is 3.42. The van der Waals surface area contributed by atoms with Gasteiger partial charge in [0.1, 0.15) is 0 Å². The molecule has 2 rings (SSSR count). The Morgan fingerprint density at radius 2 is 2.00 bits per heavy atom. The van der Waals surface area contributed by atoms with Crippen molar-refractivity contribution in [2.45, 2.75) is 13.8 Å². The minimum Gasteiger partial charge on any atom is -0.451 e. The molecule has 0 aliphatic carbocycles. The Kier molecular flexibility index (Phi) is 3.81. The van der Waals surface area contributed by atoms with Crippen LogP contribution in [0.25, 0.3) is 5.88 Å². The molecule has 1 aromatic carbocycles. The lowest BCUT2D eigenvalue weighted by Gasteiger charge is -2.23. The molecule has 0 fully saturated rings. The van der Waals surface area contributed by atoms with E-state index in [1.165, 1.54) is 4.94 Å². The summed E-state index contributed by atoms with van der Waals surface area (Å²) in [7, 11) is 0.877. The van der Waals surface area contributed by atoms with Gasteiger partial charge in [-0.25, -0.2) is 0 Å². The van der Waals surface area contributed by atoms with Crippen LogP contribution in [0.4, 0.5) is 0 Å². The monoisotopic (exact) mass is 237 g/mol. The van der Waals surface area contributed by atoms with Gasteiger partial charge < -0.3 is 9.64 Å². The van der Waals surface area contributed by atoms with Crippen molar-refractivity contribution < 1.29 is 9.26 Å². The van der Waals surface area contributed by atoms with Crippen molar-refractivity contribution in [3.8, 4) is 0 Å². The summed E-state index contributed by atoms with van der Waals surface area (Å²) in [6.07, 6.45) is 0. The quantitative estimate of drug-likeness (QED) is 0.752. The average Bonchev–Trinajstić information content (AvgIpc) is 2.54. The van der Waals surface area contributed by atoms with E-state index in [9.17, 15) is 0 Å². The van der Waals surface area contributed by atoms with Gasteiger partial charge in [0, 0.05) is 23.2 Å². The first kappa shape index (κ1) is 11.4. The number of hydrogen-bond donors (Lipinski definition) is 0. The van der Waals surface area contributed by atoms with Gasteiger partial charge in [-0.1, -0.05) is 12.1 Å². The number of benzene rings is 1. The molecule has 1 aliphatic heterocycles. The molecule has 3 nitrogen and oxygen atoms in total. The average molecular weight is 237 g/mol. The van der Waals surface area contributed by atoms with Crippen LogP contribution in [0.1, 0.15) is 13.8 Å². The van der Waals surface area contributed by atoms with Crippen molar-refractivity contribution in [1.29, 1.82) is 0 Å². The lowest BCUT2D eigenvalue weighted by atomic mass is 10.3. The fourth-order valence-electron chi connectivity index (χ4n) is 1.76. The van der Waals surface area contributed by atoms with Crippen LogP contribution in [0.5, 0.6) is 0 Å². The highest BCUT2D eigenvalue weighted by Crippen LogP contribution is 2.14. The second kappa shape index (κ2) is 5.33. The molecule has 16 heavy (non-hydrogen) atoms. The SMILES string of the molecule is CCN(CC)C1=c2ccccc2=POCO1. The maximum Gasteiger partial charge on any atom is 0.200 e. The molecule has 86 valence electrons. The molecule has 0 atom stereocenters. The maximum absolute atomic E-state index is 5.69. The largest absolute Gasteiger partial charge is 0.451 e. The first-order valence-corrected chi connectivity index (χ1v) is 6.35. The summed E-state index contributed by atoms with van der Waals surface area (Å²) >= 11 is 0. The van der Waals surface area contributed by atoms with Crippen LogP contribution in [-0.4, -0.2) is 24.8 Å². The molecule has 1 aromatic rings. The summed E-state index contributed by atoms with van der Waals surface area (Å²) in [6.45, 7) is 6.47. The van der Waals surface area contributed by atoms with Gasteiger partial charge in [-0.3, -0.25) is 4.52 Å². The molecule has 4 heteroatoms. The fourth-order valence-corrected chi connectivity index (χ4v) is 2.42. The van der Waals surface area contributed by atoms with Gasteiger partial charge in [0.2, 0.25) is 0 Å². The van der Waals surface area contributed by atoms with E-state index in [0.717, 1.165) is 32.6 Å². The van der Waals surface area contributed by atoms with Gasteiger partial charge in [0.05, 0.1) is 8.43 Å². The highest BCUT2D eigenvalue weighted by Gasteiger charge is 2.10. The van der Waals surface area contributed by atoms with E-state index in [4.69, 9.17) is 9.26 Å². The van der Waals surface area contributed by atoms with Crippen LogP contribution in [0.2, 0.25) is 0 Å². The first-order chi connectivity index (χ1) is 7.86.